The topological polar surface area (TPSA) is 125 Å². The normalized spacial score (nSPS) is 27.0. The van der Waals surface area contributed by atoms with Gasteiger partial charge in [-0.05, 0) is 50.2 Å². The van der Waals surface area contributed by atoms with Gasteiger partial charge in [0, 0.05) is 35.5 Å². The van der Waals surface area contributed by atoms with E-state index in [1.54, 1.807) is 52.4 Å². The minimum absolute atomic E-state index is 0.000300. The van der Waals surface area contributed by atoms with Crippen LogP contribution in [-0.2, 0) is 19.9 Å². The van der Waals surface area contributed by atoms with Crippen LogP contribution < -0.4 is 10.5 Å². The lowest BCUT2D eigenvalue weighted by Crippen LogP contribution is -2.46. The fraction of sp³-hybridized carbons (Fsp3) is 0.438. The van der Waals surface area contributed by atoms with Crippen LogP contribution >= 0.6 is 0 Å². The zero-order valence-electron chi connectivity index (χ0n) is 24.8. The molecule has 0 radical (unpaired) electrons. The SMILES string of the molecule is C=CCN1C(=O)[C@]2(O[C@H](CC(=O)N3CCC[C@H]3CO)[C@@H]([Si](C)(C)O)[C@@H]2C)c2cc(-n3ncc4ccccc4c3=O)ccc21. The molecule has 2 fully saturated rings. The van der Waals surface area contributed by atoms with Crippen molar-refractivity contribution in [1.82, 2.24) is 14.7 Å². The average Bonchev–Trinajstić information content (AvgIpc) is 3.64. The van der Waals surface area contributed by atoms with Crippen molar-refractivity contribution < 1.29 is 24.2 Å². The second-order valence-electron chi connectivity index (χ2n) is 12.5. The van der Waals surface area contributed by atoms with Gasteiger partial charge < -0.3 is 24.4 Å². The number of aliphatic hydroxyl groups excluding tert-OH is 1. The number of nitrogens with zero attached hydrogens (tertiary/aromatic N) is 4. The summed E-state index contributed by atoms with van der Waals surface area (Å²) in [6, 6.07) is 12.3. The number of amides is 2. The third-order valence-corrected chi connectivity index (χ3v) is 12.0. The van der Waals surface area contributed by atoms with Gasteiger partial charge in [0.05, 0.1) is 48.1 Å². The summed E-state index contributed by atoms with van der Waals surface area (Å²) in [7, 11) is -2.99. The molecule has 3 aliphatic rings. The standard InChI is InChI=1S/C32H38N4O6Si/c1-5-14-35-26-13-12-22(36-30(39)24-11-7-6-9-21(24)18-33-36)16-25(26)32(31(35)40)20(2)29(43(3,4)41)27(42-32)17-28(38)34-15-8-10-23(34)19-37/h5-7,9,11-13,16,18,20,23,27,29,37,41H,1,8,10,14-15,17,19H2,2-4H3/t20-,23-,27+,29-,32+/m0/s1. The molecule has 2 saturated heterocycles. The van der Waals surface area contributed by atoms with Gasteiger partial charge in [0.1, 0.15) is 0 Å². The number of likely N-dealkylation sites (tertiary alicyclic amines) is 1. The number of hydrogen-bond acceptors (Lipinski definition) is 7. The van der Waals surface area contributed by atoms with Crippen molar-refractivity contribution in [2.75, 3.05) is 24.6 Å². The van der Waals surface area contributed by atoms with E-state index >= 15 is 0 Å². The molecule has 11 heteroatoms. The van der Waals surface area contributed by atoms with Crippen LogP contribution in [0, 0.1) is 5.92 Å². The maximum absolute atomic E-state index is 14.4. The Morgan fingerprint density at radius 1 is 1.23 bits per heavy atom. The zero-order chi connectivity index (χ0) is 30.7. The van der Waals surface area contributed by atoms with Gasteiger partial charge in [-0.15, -0.1) is 6.58 Å². The monoisotopic (exact) mass is 602 g/mol. The van der Waals surface area contributed by atoms with Gasteiger partial charge in [0.2, 0.25) is 5.91 Å². The molecule has 2 N–H and O–H groups in total. The minimum Gasteiger partial charge on any atom is -0.432 e. The van der Waals surface area contributed by atoms with E-state index in [-0.39, 0.29) is 43.0 Å². The second-order valence-corrected chi connectivity index (χ2v) is 16.5. The van der Waals surface area contributed by atoms with Gasteiger partial charge in [-0.3, -0.25) is 14.4 Å². The Hall–Kier alpha value is -3.64. The van der Waals surface area contributed by atoms with Crippen LogP contribution in [0.3, 0.4) is 0 Å². The summed E-state index contributed by atoms with van der Waals surface area (Å²) < 4.78 is 8.12. The highest BCUT2D eigenvalue weighted by atomic mass is 28.4. The van der Waals surface area contributed by atoms with Gasteiger partial charge in [-0.25, -0.2) is 0 Å². The molecule has 2 aromatic carbocycles. The van der Waals surface area contributed by atoms with Crippen molar-refractivity contribution in [3.05, 3.63) is 77.2 Å². The van der Waals surface area contributed by atoms with Crippen LogP contribution in [0.4, 0.5) is 5.69 Å². The average molecular weight is 603 g/mol. The Morgan fingerprint density at radius 2 is 2.00 bits per heavy atom. The molecule has 0 bridgehead atoms. The first-order valence-corrected chi connectivity index (χ1v) is 17.9. The second kappa shape index (κ2) is 10.8. The van der Waals surface area contributed by atoms with Crippen LogP contribution in [0.1, 0.15) is 31.7 Å². The fourth-order valence-electron chi connectivity index (χ4n) is 7.63. The van der Waals surface area contributed by atoms with Crippen molar-refractivity contribution >= 4 is 36.6 Å². The fourth-order valence-corrected chi connectivity index (χ4v) is 10.2. The number of anilines is 1. The molecule has 6 rings (SSSR count). The predicted octanol–water partition coefficient (Wildman–Crippen LogP) is 3.09. The molecule has 226 valence electrons. The van der Waals surface area contributed by atoms with E-state index in [0.29, 0.717) is 28.9 Å². The summed E-state index contributed by atoms with van der Waals surface area (Å²) in [5, 5.41) is 15.5. The summed E-state index contributed by atoms with van der Waals surface area (Å²) >= 11 is 0. The Bertz CT molecular complexity index is 1670. The van der Waals surface area contributed by atoms with Crippen LogP contribution in [0.5, 0.6) is 0 Å². The number of hydrogen-bond donors (Lipinski definition) is 2. The third-order valence-electron chi connectivity index (χ3n) is 9.50. The Balaban J connectivity index is 1.46. The molecule has 0 aliphatic carbocycles. The lowest BCUT2D eigenvalue weighted by molar-refractivity contribution is -0.149. The molecule has 3 aromatic rings. The largest absolute Gasteiger partial charge is 0.432 e. The molecule has 4 heterocycles. The highest BCUT2D eigenvalue weighted by molar-refractivity contribution is 6.71. The molecule has 5 atom stereocenters. The van der Waals surface area contributed by atoms with Crippen molar-refractivity contribution in [3.63, 3.8) is 0 Å². The predicted molar refractivity (Wildman–Crippen MR) is 165 cm³/mol. The summed E-state index contributed by atoms with van der Waals surface area (Å²) in [6.45, 7) is 10.1. The summed E-state index contributed by atoms with van der Waals surface area (Å²) in [4.78, 5) is 56.3. The van der Waals surface area contributed by atoms with Crippen LogP contribution in [0.15, 0.2) is 66.1 Å². The van der Waals surface area contributed by atoms with Crippen LogP contribution in [0.2, 0.25) is 18.6 Å². The zero-order valence-corrected chi connectivity index (χ0v) is 25.8. The molecule has 1 aromatic heterocycles. The first kappa shape index (κ1) is 29.4. The summed E-state index contributed by atoms with van der Waals surface area (Å²) in [5.74, 6) is -0.899. The number of aliphatic hydroxyl groups is 1. The van der Waals surface area contributed by atoms with Gasteiger partial charge in [-0.1, -0.05) is 31.2 Å². The number of aromatic nitrogens is 2. The van der Waals surface area contributed by atoms with E-state index in [0.717, 1.165) is 18.2 Å². The van der Waals surface area contributed by atoms with E-state index in [4.69, 9.17) is 4.74 Å². The Kier molecular flexibility index (Phi) is 7.40. The van der Waals surface area contributed by atoms with E-state index in [1.807, 2.05) is 32.2 Å². The smallest absolute Gasteiger partial charge is 0.279 e. The van der Waals surface area contributed by atoms with Crippen molar-refractivity contribution in [3.8, 4) is 5.69 Å². The van der Waals surface area contributed by atoms with Gasteiger partial charge >= 0.3 is 0 Å². The van der Waals surface area contributed by atoms with Crippen molar-refractivity contribution in [2.24, 2.45) is 5.92 Å². The number of ether oxygens (including phenoxy) is 1. The third kappa shape index (κ3) is 4.57. The Morgan fingerprint density at radius 3 is 2.72 bits per heavy atom. The van der Waals surface area contributed by atoms with Gasteiger partial charge in [-0.2, -0.15) is 9.78 Å². The lowest BCUT2D eigenvalue weighted by atomic mass is 9.82. The first-order chi connectivity index (χ1) is 20.5. The van der Waals surface area contributed by atoms with Crippen molar-refractivity contribution in [2.45, 2.75) is 62.6 Å². The summed E-state index contributed by atoms with van der Waals surface area (Å²) in [5.41, 5.74) is -0.487. The van der Waals surface area contributed by atoms with Crippen LogP contribution in [0.25, 0.3) is 16.5 Å². The maximum Gasteiger partial charge on any atom is 0.279 e. The van der Waals surface area contributed by atoms with Crippen molar-refractivity contribution in [1.29, 1.82) is 0 Å². The van der Waals surface area contributed by atoms with Gasteiger partial charge in [0.15, 0.2) is 13.9 Å². The number of benzene rings is 2. The highest BCUT2D eigenvalue weighted by Gasteiger charge is 2.66. The van der Waals surface area contributed by atoms with E-state index in [1.165, 1.54) is 4.68 Å². The molecule has 2 amide bonds. The molecule has 1 spiro atoms. The Labute approximate surface area is 251 Å². The molecular weight excluding hydrogens is 564 g/mol. The van der Waals surface area contributed by atoms with E-state index in [9.17, 15) is 24.3 Å². The van der Waals surface area contributed by atoms with E-state index in [2.05, 4.69) is 11.7 Å². The van der Waals surface area contributed by atoms with Gasteiger partial charge in [0.25, 0.3) is 11.5 Å². The van der Waals surface area contributed by atoms with E-state index < -0.39 is 31.5 Å². The lowest BCUT2D eigenvalue weighted by Gasteiger charge is -2.32. The molecule has 0 saturated carbocycles. The molecular formula is C32H38N4O6Si. The number of rotatable bonds is 7. The number of carbonyl (C=O) groups is 2. The minimum atomic E-state index is -2.99. The quantitative estimate of drug-likeness (QED) is 0.315. The first-order valence-electron chi connectivity index (χ1n) is 14.9. The molecule has 3 aliphatic heterocycles. The summed E-state index contributed by atoms with van der Waals surface area (Å²) in [6.07, 6.45) is 4.14. The molecule has 0 unspecified atom stereocenters. The highest BCUT2D eigenvalue weighted by Crippen LogP contribution is 2.59. The number of carbonyl (C=O) groups excluding carboxylic acids is 2. The maximum atomic E-state index is 14.4. The van der Waals surface area contributed by atoms with Crippen LogP contribution in [-0.4, -0.2) is 76.6 Å². The molecule has 43 heavy (non-hydrogen) atoms. The number of fused-ring (bicyclic) bond motifs is 3. The molecule has 10 nitrogen and oxygen atoms in total.